The molecule has 7 nitrogen and oxygen atoms in total. The van der Waals surface area contributed by atoms with Gasteiger partial charge in [0.05, 0.1) is 27.4 Å². The number of amides is 1. The molecule has 2 aromatic carbocycles. The number of carbonyl (C=O) groups excluding carboxylic acids is 2. The second kappa shape index (κ2) is 8.88. The van der Waals surface area contributed by atoms with Gasteiger partial charge in [-0.05, 0) is 49.6 Å². The third kappa shape index (κ3) is 4.60. The Balaban J connectivity index is 2.25. The van der Waals surface area contributed by atoms with Gasteiger partial charge in [-0.25, -0.2) is 9.59 Å². The van der Waals surface area contributed by atoms with Crippen LogP contribution in [-0.4, -0.2) is 49.9 Å². The van der Waals surface area contributed by atoms with Crippen LogP contribution < -0.4 is 9.47 Å². The third-order valence-electron chi connectivity index (χ3n) is 5.16. The van der Waals surface area contributed by atoms with Crippen LogP contribution in [0.5, 0.6) is 11.5 Å². The minimum atomic E-state index is -0.851. The number of ether oxygens (including phenoxy) is 4. The second-order valence-corrected chi connectivity index (χ2v) is 8.35. The maximum Gasteiger partial charge on any atom is 0.411 e. The van der Waals surface area contributed by atoms with E-state index in [4.69, 9.17) is 18.9 Å². The van der Waals surface area contributed by atoms with E-state index in [1.807, 2.05) is 42.5 Å². The van der Waals surface area contributed by atoms with Crippen molar-refractivity contribution in [2.24, 2.45) is 0 Å². The molecule has 0 saturated carbocycles. The van der Waals surface area contributed by atoms with Gasteiger partial charge in [-0.1, -0.05) is 30.3 Å². The Morgan fingerprint density at radius 2 is 1.58 bits per heavy atom. The van der Waals surface area contributed by atoms with Gasteiger partial charge in [-0.3, -0.25) is 4.90 Å². The van der Waals surface area contributed by atoms with Gasteiger partial charge in [0.25, 0.3) is 0 Å². The lowest BCUT2D eigenvalue weighted by Crippen LogP contribution is -2.53. The van der Waals surface area contributed by atoms with Crippen LogP contribution in [0.4, 0.5) is 4.79 Å². The number of nitrogens with zero attached hydrogens (tertiary/aromatic N) is 1. The molecule has 0 spiro atoms. The summed E-state index contributed by atoms with van der Waals surface area (Å²) in [5.74, 6) is 0.595. The fourth-order valence-corrected chi connectivity index (χ4v) is 3.86. The molecule has 166 valence electrons. The van der Waals surface area contributed by atoms with Crippen molar-refractivity contribution in [3.05, 3.63) is 59.2 Å². The Kier molecular flexibility index (Phi) is 6.43. The molecule has 31 heavy (non-hydrogen) atoms. The Labute approximate surface area is 182 Å². The summed E-state index contributed by atoms with van der Waals surface area (Å²) in [4.78, 5) is 27.6. The van der Waals surface area contributed by atoms with Crippen LogP contribution >= 0.6 is 0 Å². The summed E-state index contributed by atoms with van der Waals surface area (Å²) in [7, 11) is 4.44. The van der Waals surface area contributed by atoms with Crippen LogP contribution in [-0.2, 0) is 20.7 Å². The smallest absolute Gasteiger partial charge is 0.411 e. The summed E-state index contributed by atoms with van der Waals surface area (Å²) in [6, 6.07) is 11.8. The summed E-state index contributed by atoms with van der Waals surface area (Å²) in [6.45, 7) is 5.38. The van der Waals surface area contributed by atoms with E-state index in [-0.39, 0.29) is 6.42 Å². The highest BCUT2D eigenvalue weighted by molar-refractivity contribution is 5.83. The summed E-state index contributed by atoms with van der Waals surface area (Å²) >= 11 is 0. The zero-order valence-corrected chi connectivity index (χ0v) is 18.8. The highest BCUT2D eigenvalue weighted by atomic mass is 16.6. The van der Waals surface area contributed by atoms with E-state index in [1.54, 1.807) is 35.0 Å². The second-order valence-electron chi connectivity index (χ2n) is 8.35. The lowest BCUT2D eigenvalue weighted by Gasteiger charge is -2.42. The monoisotopic (exact) mass is 427 g/mol. The van der Waals surface area contributed by atoms with E-state index in [0.717, 1.165) is 16.7 Å². The minimum Gasteiger partial charge on any atom is -0.493 e. The van der Waals surface area contributed by atoms with Gasteiger partial charge < -0.3 is 18.9 Å². The number of hydrogen-bond donors (Lipinski definition) is 0. The Morgan fingerprint density at radius 3 is 2.13 bits per heavy atom. The maximum absolute atomic E-state index is 13.4. The Morgan fingerprint density at radius 1 is 0.968 bits per heavy atom. The van der Waals surface area contributed by atoms with E-state index in [9.17, 15) is 9.59 Å². The van der Waals surface area contributed by atoms with E-state index in [1.165, 1.54) is 12.0 Å². The van der Waals surface area contributed by atoms with E-state index < -0.39 is 29.7 Å². The fourth-order valence-electron chi connectivity index (χ4n) is 3.86. The molecule has 0 bridgehead atoms. The van der Waals surface area contributed by atoms with Crippen molar-refractivity contribution >= 4 is 12.1 Å². The first-order valence-electron chi connectivity index (χ1n) is 10.1. The summed E-state index contributed by atoms with van der Waals surface area (Å²) in [6.07, 6.45) is -0.317. The molecule has 0 N–H and O–H groups in total. The third-order valence-corrected chi connectivity index (χ3v) is 5.16. The predicted octanol–water partition coefficient (Wildman–Crippen LogP) is 4.13. The van der Waals surface area contributed by atoms with Crippen molar-refractivity contribution in [1.29, 1.82) is 0 Å². The molecular weight excluding hydrogens is 398 g/mol. The maximum atomic E-state index is 13.4. The Bertz CT molecular complexity index is 951. The van der Waals surface area contributed by atoms with Crippen molar-refractivity contribution in [3.8, 4) is 11.5 Å². The van der Waals surface area contributed by atoms with Crippen molar-refractivity contribution in [3.63, 3.8) is 0 Å². The number of fused-ring (bicyclic) bond motifs is 1. The molecule has 1 aliphatic heterocycles. The molecule has 1 aliphatic rings. The predicted molar refractivity (Wildman–Crippen MR) is 115 cm³/mol. The molecule has 3 rings (SSSR count). The van der Waals surface area contributed by atoms with Gasteiger partial charge in [-0.15, -0.1) is 0 Å². The normalized spacial score (nSPS) is 18.1. The zero-order chi connectivity index (χ0) is 22.8. The molecular formula is C24H29NO6. The SMILES string of the molecule is COC(=O)[C@@H]1Cc2cc(OC)c(OC)cc2[C@H](c2ccccc2)N1C(=O)OC(C)(C)C. The molecule has 0 unspecified atom stereocenters. The molecule has 1 amide bonds. The number of benzene rings is 2. The van der Waals surface area contributed by atoms with E-state index in [2.05, 4.69) is 0 Å². The number of carbonyl (C=O) groups is 2. The van der Waals surface area contributed by atoms with Crippen molar-refractivity contribution in [2.45, 2.75) is 44.9 Å². The van der Waals surface area contributed by atoms with E-state index in [0.29, 0.717) is 11.5 Å². The number of esters is 1. The fraction of sp³-hybridized carbons (Fsp3) is 0.417. The molecule has 0 fully saturated rings. The van der Waals surface area contributed by atoms with Crippen molar-refractivity contribution in [1.82, 2.24) is 4.90 Å². The largest absolute Gasteiger partial charge is 0.493 e. The molecule has 7 heteroatoms. The van der Waals surface area contributed by atoms with Gasteiger partial charge >= 0.3 is 12.1 Å². The minimum absolute atomic E-state index is 0.269. The standard InChI is InChI=1S/C24H29NO6/c1-24(2,3)31-23(27)25-18(22(26)30-6)12-16-13-19(28-4)20(29-5)14-17(16)21(25)15-10-8-7-9-11-15/h7-11,13-14,18,21H,12H2,1-6H3/t18-,21-/m0/s1. The highest BCUT2D eigenvalue weighted by Gasteiger charge is 2.44. The van der Waals surface area contributed by atoms with Crippen LogP contribution in [0.3, 0.4) is 0 Å². The van der Waals surface area contributed by atoms with Gasteiger partial charge in [-0.2, -0.15) is 0 Å². The topological polar surface area (TPSA) is 74.3 Å². The first-order chi connectivity index (χ1) is 14.7. The first kappa shape index (κ1) is 22.5. The Hall–Kier alpha value is -3.22. The van der Waals surface area contributed by atoms with Gasteiger partial charge in [0.15, 0.2) is 11.5 Å². The average Bonchev–Trinajstić information content (AvgIpc) is 2.75. The molecule has 0 radical (unpaired) electrons. The molecule has 1 heterocycles. The van der Waals surface area contributed by atoms with Crippen LogP contribution in [0.2, 0.25) is 0 Å². The lowest BCUT2D eigenvalue weighted by atomic mass is 9.84. The quantitative estimate of drug-likeness (QED) is 0.683. The summed E-state index contributed by atoms with van der Waals surface area (Å²) < 4.78 is 21.7. The molecule has 0 aliphatic carbocycles. The molecule has 0 aromatic heterocycles. The summed E-state index contributed by atoms with van der Waals surface area (Å²) in [5, 5.41) is 0. The average molecular weight is 427 g/mol. The van der Waals surface area contributed by atoms with E-state index >= 15 is 0 Å². The molecule has 2 aromatic rings. The zero-order valence-electron chi connectivity index (χ0n) is 18.8. The van der Waals surface area contributed by atoms with Crippen LogP contribution in [0.1, 0.15) is 43.5 Å². The highest BCUT2D eigenvalue weighted by Crippen LogP contribution is 2.43. The van der Waals surface area contributed by atoms with Crippen molar-refractivity contribution in [2.75, 3.05) is 21.3 Å². The summed E-state index contributed by atoms with van der Waals surface area (Å²) in [5.41, 5.74) is 1.84. The van der Waals surface area contributed by atoms with Gasteiger partial charge in [0.1, 0.15) is 11.6 Å². The van der Waals surface area contributed by atoms with Gasteiger partial charge in [0, 0.05) is 6.42 Å². The lowest BCUT2D eigenvalue weighted by molar-refractivity contribution is -0.148. The van der Waals surface area contributed by atoms with Crippen LogP contribution in [0, 0.1) is 0 Å². The molecule has 2 atom stereocenters. The van der Waals surface area contributed by atoms with Crippen molar-refractivity contribution < 1.29 is 28.5 Å². The molecule has 0 saturated heterocycles. The number of methoxy groups -OCH3 is 3. The number of hydrogen-bond acceptors (Lipinski definition) is 6. The van der Waals surface area contributed by atoms with Crippen LogP contribution in [0.25, 0.3) is 0 Å². The first-order valence-corrected chi connectivity index (χ1v) is 10.1. The van der Waals surface area contributed by atoms with Crippen LogP contribution in [0.15, 0.2) is 42.5 Å². The van der Waals surface area contributed by atoms with Gasteiger partial charge in [0.2, 0.25) is 0 Å². The number of rotatable bonds is 4.